The maximum atomic E-state index is 13.0. The minimum Gasteiger partial charge on any atom is -0.445 e. The first-order valence-corrected chi connectivity index (χ1v) is 10.4. The van der Waals surface area contributed by atoms with Crippen molar-refractivity contribution >= 4 is 17.5 Å². The molecule has 3 aromatic rings. The lowest BCUT2D eigenvalue weighted by molar-refractivity contribution is 0.0691. The molecular formula is C22H25ClN4O2. The number of nitrogens with zero attached hydrogens (tertiary/aromatic N) is 3. The van der Waals surface area contributed by atoms with Gasteiger partial charge in [-0.3, -0.25) is 9.89 Å². The number of piperidine rings is 1. The molecule has 0 spiro atoms. The number of carbonyl (C=O) groups excluding carboxylic acids is 1. The molecule has 29 heavy (non-hydrogen) atoms. The number of benzene rings is 1. The standard InChI is InChI=1S/C22H25ClN4O2/c1-3-19-14(2)20(26-25-19)22(28)27-9-5-7-16(13-27)21-24-12-18(29-21)11-15-6-4-8-17(23)10-15/h4,6,8,10,12,16H,3,5,7,9,11,13H2,1-2H3,(H,25,26)/t16-/m0/s1. The average Bonchev–Trinajstić information content (AvgIpc) is 3.34. The summed E-state index contributed by atoms with van der Waals surface area (Å²) in [6.45, 7) is 5.34. The fraction of sp³-hybridized carbons (Fsp3) is 0.409. The molecule has 0 radical (unpaired) electrons. The van der Waals surface area contributed by atoms with Crippen molar-refractivity contribution in [2.45, 2.75) is 45.4 Å². The second kappa shape index (κ2) is 8.41. The van der Waals surface area contributed by atoms with Gasteiger partial charge in [-0.1, -0.05) is 30.7 Å². The molecule has 152 valence electrons. The van der Waals surface area contributed by atoms with E-state index in [1.165, 1.54) is 0 Å². The fourth-order valence-electron chi connectivity index (χ4n) is 3.94. The van der Waals surface area contributed by atoms with Gasteiger partial charge in [-0.05, 0) is 43.9 Å². The van der Waals surface area contributed by atoms with E-state index in [-0.39, 0.29) is 11.8 Å². The number of hydrogen-bond acceptors (Lipinski definition) is 4. The Morgan fingerprint density at radius 2 is 2.28 bits per heavy atom. The summed E-state index contributed by atoms with van der Waals surface area (Å²) in [6.07, 6.45) is 5.14. The van der Waals surface area contributed by atoms with Crippen LogP contribution in [0.1, 0.15) is 64.6 Å². The van der Waals surface area contributed by atoms with E-state index in [9.17, 15) is 4.79 Å². The molecule has 1 N–H and O–H groups in total. The molecule has 4 rings (SSSR count). The van der Waals surface area contributed by atoms with E-state index in [0.29, 0.717) is 29.6 Å². The molecule has 2 aromatic heterocycles. The summed E-state index contributed by atoms with van der Waals surface area (Å²) in [7, 11) is 0. The Morgan fingerprint density at radius 3 is 3.03 bits per heavy atom. The number of oxazole rings is 1. The van der Waals surface area contributed by atoms with Gasteiger partial charge >= 0.3 is 0 Å². The van der Waals surface area contributed by atoms with Crippen LogP contribution in [0, 0.1) is 6.92 Å². The van der Waals surface area contributed by atoms with Crippen molar-refractivity contribution in [3.63, 3.8) is 0 Å². The van der Waals surface area contributed by atoms with E-state index in [1.807, 2.05) is 36.1 Å². The van der Waals surface area contributed by atoms with Gasteiger partial charge in [0.1, 0.15) is 5.76 Å². The van der Waals surface area contributed by atoms with E-state index >= 15 is 0 Å². The summed E-state index contributed by atoms with van der Waals surface area (Å²) in [5, 5.41) is 7.94. The van der Waals surface area contributed by atoms with Crippen LogP contribution in [0.15, 0.2) is 34.9 Å². The van der Waals surface area contributed by atoms with Crippen molar-refractivity contribution < 1.29 is 9.21 Å². The minimum absolute atomic E-state index is 0.0196. The average molecular weight is 413 g/mol. The van der Waals surface area contributed by atoms with Gasteiger partial charge in [-0.15, -0.1) is 0 Å². The summed E-state index contributed by atoms with van der Waals surface area (Å²) in [6, 6.07) is 7.74. The summed E-state index contributed by atoms with van der Waals surface area (Å²) in [5.41, 5.74) is 3.57. The molecule has 0 saturated carbocycles. The summed E-state index contributed by atoms with van der Waals surface area (Å²) in [5.74, 6) is 1.59. The number of aromatic nitrogens is 3. The zero-order valence-electron chi connectivity index (χ0n) is 16.7. The highest BCUT2D eigenvalue weighted by molar-refractivity contribution is 6.30. The molecule has 3 heterocycles. The van der Waals surface area contributed by atoms with Gasteiger partial charge in [0.15, 0.2) is 11.6 Å². The molecule has 0 aliphatic carbocycles. The van der Waals surface area contributed by atoms with E-state index in [2.05, 4.69) is 22.1 Å². The SMILES string of the molecule is CCc1[nH]nc(C(=O)N2CCC[C@H](c3ncc(Cc4cccc(Cl)c4)o3)C2)c1C. The molecule has 1 amide bonds. The van der Waals surface area contributed by atoms with Crippen LogP contribution in [0.4, 0.5) is 0 Å². The molecule has 6 nitrogen and oxygen atoms in total. The number of aryl methyl sites for hydroxylation is 1. The largest absolute Gasteiger partial charge is 0.445 e. The van der Waals surface area contributed by atoms with Gasteiger partial charge in [0, 0.05) is 35.8 Å². The van der Waals surface area contributed by atoms with Gasteiger partial charge in [0.05, 0.1) is 12.1 Å². The van der Waals surface area contributed by atoms with Crippen LogP contribution >= 0.6 is 11.6 Å². The van der Waals surface area contributed by atoms with Crippen molar-refractivity contribution in [1.29, 1.82) is 0 Å². The highest BCUT2D eigenvalue weighted by Crippen LogP contribution is 2.28. The van der Waals surface area contributed by atoms with E-state index in [0.717, 1.165) is 48.4 Å². The third-order valence-corrected chi connectivity index (χ3v) is 5.80. The molecule has 1 saturated heterocycles. The number of hydrogen-bond donors (Lipinski definition) is 1. The number of likely N-dealkylation sites (tertiary alicyclic amines) is 1. The summed E-state index contributed by atoms with van der Waals surface area (Å²) < 4.78 is 6.03. The smallest absolute Gasteiger partial charge is 0.274 e. The highest BCUT2D eigenvalue weighted by atomic mass is 35.5. The minimum atomic E-state index is -0.0196. The first kappa shape index (κ1) is 19.7. The Labute approximate surface area is 175 Å². The molecule has 1 aliphatic heterocycles. The Morgan fingerprint density at radius 1 is 1.41 bits per heavy atom. The van der Waals surface area contributed by atoms with E-state index in [4.69, 9.17) is 16.0 Å². The van der Waals surface area contributed by atoms with Crippen molar-refractivity contribution in [3.05, 3.63) is 69.7 Å². The second-order valence-electron chi connectivity index (χ2n) is 7.59. The van der Waals surface area contributed by atoms with Crippen LogP contribution in [-0.4, -0.2) is 39.1 Å². The molecule has 0 bridgehead atoms. The molecule has 0 unspecified atom stereocenters. The molecule has 7 heteroatoms. The van der Waals surface area contributed by atoms with Crippen molar-refractivity contribution in [3.8, 4) is 0 Å². The van der Waals surface area contributed by atoms with Crippen molar-refractivity contribution in [2.24, 2.45) is 0 Å². The quantitative estimate of drug-likeness (QED) is 0.667. The second-order valence-corrected chi connectivity index (χ2v) is 8.03. The lowest BCUT2D eigenvalue weighted by Crippen LogP contribution is -2.39. The molecular weight excluding hydrogens is 388 g/mol. The van der Waals surface area contributed by atoms with Gasteiger partial charge in [-0.25, -0.2) is 4.98 Å². The number of H-pyrrole nitrogens is 1. The monoisotopic (exact) mass is 412 g/mol. The van der Waals surface area contributed by atoms with Crippen LogP contribution in [0.3, 0.4) is 0 Å². The number of aromatic amines is 1. The molecule has 1 fully saturated rings. The zero-order valence-corrected chi connectivity index (χ0v) is 17.5. The number of amides is 1. The summed E-state index contributed by atoms with van der Waals surface area (Å²) in [4.78, 5) is 19.4. The Bertz CT molecular complexity index is 1010. The van der Waals surface area contributed by atoms with E-state index < -0.39 is 0 Å². The van der Waals surface area contributed by atoms with Crippen LogP contribution in [-0.2, 0) is 12.8 Å². The Hall–Kier alpha value is -2.60. The number of nitrogens with one attached hydrogen (secondary N) is 1. The maximum absolute atomic E-state index is 13.0. The Balaban J connectivity index is 1.45. The molecule has 1 atom stereocenters. The maximum Gasteiger partial charge on any atom is 0.274 e. The summed E-state index contributed by atoms with van der Waals surface area (Å²) >= 11 is 6.07. The van der Waals surface area contributed by atoms with Crippen LogP contribution in [0.2, 0.25) is 5.02 Å². The lowest BCUT2D eigenvalue weighted by Gasteiger charge is -2.31. The third-order valence-electron chi connectivity index (χ3n) is 5.56. The first-order valence-electron chi connectivity index (χ1n) is 10.1. The Kier molecular flexibility index (Phi) is 5.72. The lowest BCUT2D eigenvalue weighted by atomic mass is 9.97. The van der Waals surface area contributed by atoms with Gasteiger partial charge in [0.2, 0.25) is 0 Å². The number of halogens is 1. The fourth-order valence-corrected chi connectivity index (χ4v) is 4.15. The topological polar surface area (TPSA) is 75.0 Å². The third kappa shape index (κ3) is 4.22. The first-order chi connectivity index (χ1) is 14.0. The molecule has 1 aromatic carbocycles. The van der Waals surface area contributed by atoms with Crippen LogP contribution < -0.4 is 0 Å². The normalized spacial score (nSPS) is 16.9. The highest BCUT2D eigenvalue weighted by Gasteiger charge is 2.30. The zero-order chi connectivity index (χ0) is 20.4. The van der Waals surface area contributed by atoms with Crippen LogP contribution in [0.5, 0.6) is 0 Å². The number of carbonyl (C=O) groups is 1. The number of rotatable bonds is 5. The van der Waals surface area contributed by atoms with Crippen molar-refractivity contribution in [2.75, 3.05) is 13.1 Å². The van der Waals surface area contributed by atoms with Gasteiger partial charge in [-0.2, -0.15) is 5.10 Å². The van der Waals surface area contributed by atoms with Gasteiger partial charge in [0.25, 0.3) is 5.91 Å². The van der Waals surface area contributed by atoms with Crippen LogP contribution in [0.25, 0.3) is 0 Å². The van der Waals surface area contributed by atoms with Crippen molar-refractivity contribution in [1.82, 2.24) is 20.1 Å². The van der Waals surface area contributed by atoms with E-state index in [1.54, 1.807) is 6.20 Å². The molecule has 1 aliphatic rings. The van der Waals surface area contributed by atoms with Gasteiger partial charge < -0.3 is 9.32 Å². The predicted octanol–water partition coefficient (Wildman–Crippen LogP) is 4.53. The predicted molar refractivity (Wildman–Crippen MR) is 111 cm³/mol.